The van der Waals surface area contributed by atoms with Crippen LogP contribution < -0.4 is 5.73 Å². The highest BCUT2D eigenvalue weighted by atomic mass is 35.5. The zero-order valence-corrected chi connectivity index (χ0v) is 12.1. The maximum atomic E-state index is 12.5. The van der Waals surface area contributed by atoms with Gasteiger partial charge in [0.15, 0.2) is 0 Å². The predicted molar refractivity (Wildman–Crippen MR) is 73.0 cm³/mol. The second-order valence-corrected chi connectivity index (χ2v) is 7.78. The molecule has 1 aliphatic rings. The molecule has 0 spiro atoms. The minimum Gasteiger partial charge on any atom is -0.398 e. The number of hydrogen-bond acceptors (Lipinski definition) is 3. The van der Waals surface area contributed by atoms with Gasteiger partial charge in [0, 0.05) is 18.1 Å². The third-order valence-electron chi connectivity index (χ3n) is 3.24. The molecule has 2 rings (SSSR count). The van der Waals surface area contributed by atoms with Gasteiger partial charge < -0.3 is 5.73 Å². The minimum absolute atomic E-state index is 0.0143. The Morgan fingerprint density at radius 3 is 2.61 bits per heavy atom. The SMILES string of the molecule is CC1(C)CCN(S(=O)(=O)c2cc(Cl)ccc2N)C1. The van der Waals surface area contributed by atoms with Gasteiger partial charge in [0.05, 0.1) is 5.69 Å². The number of sulfonamides is 1. The minimum atomic E-state index is -3.54. The molecule has 0 aromatic heterocycles. The molecule has 100 valence electrons. The van der Waals surface area contributed by atoms with Gasteiger partial charge in [-0.2, -0.15) is 4.31 Å². The van der Waals surface area contributed by atoms with Crippen LogP contribution in [0.15, 0.2) is 23.1 Å². The fourth-order valence-corrected chi connectivity index (χ4v) is 4.15. The quantitative estimate of drug-likeness (QED) is 0.850. The molecular weight excluding hydrogens is 272 g/mol. The molecule has 1 saturated heterocycles. The molecule has 2 N–H and O–H groups in total. The molecule has 0 radical (unpaired) electrons. The van der Waals surface area contributed by atoms with Crippen LogP contribution in [-0.2, 0) is 10.0 Å². The number of benzene rings is 1. The molecule has 1 heterocycles. The smallest absolute Gasteiger partial charge is 0.245 e. The lowest BCUT2D eigenvalue weighted by molar-refractivity contribution is 0.375. The van der Waals surface area contributed by atoms with Crippen molar-refractivity contribution in [1.82, 2.24) is 4.31 Å². The molecule has 1 aromatic carbocycles. The highest BCUT2D eigenvalue weighted by Gasteiger charge is 2.37. The van der Waals surface area contributed by atoms with Gasteiger partial charge in [-0.15, -0.1) is 0 Å². The van der Waals surface area contributed by atoms with E-state index >= 15 is 0 Å². The normalized spacial score (nSPS) is 20.2. The Balaban J connectivity index is 2.40. The van der Waals surface area contributed by atoms with E-state index < -0.39 is 10.0 Å². The molecule has 0 unspecified atom stereocenters. The zero-order chi connectivity index (χ0) is 13.6. The van der Waals surface area contributed by atoms with Crippen molar-refractivity contribution in [3.63, 3.8) is 0 Å². The number of nitrogens with zero attached hydrogens (tertiary/aromatic N) is 1. The summed E-state index contributed by atoms with van der Waals surface area (Å²) < 4.78 is 26.4. The summed E-state index contributed by atoms with van der Waals surface area (Å²) in [7, 11) is -3.54. The van der Waals surface area contributed by atoms with Gasteiger partial charge in [-0.1, -0.05) is 25.4 Å². The molecule has 0 atom stereocenters. The zero-order valence-electron chi connectivity index (χ0n) is 10.5. The first-order valence-electron chi connectivity index (χ1n) is 5.78. The first kappa shape index (κ1) is 13.6. The van der Waals surface area contributed by atoms with Crippen LogP contribution in [0.3, 0.4) is 0 Å². The molecular formula is C12H17ClN2O2S. The molecule has 0 aliphatic carbocycles. The first-order chi connectivity index (χ1) is 8.22. The average molecular weight is 289 g/mol. The van der Waals surface area contributed by atoms with Gasteiger partial charge in [0.2, 0.25) is 10.0 Å². The van der Waals surface area contributed by atoms with Crippen molar-refractivity contribution in [3.05, 3.63) is 23.2 Å². The fraction of sp³-hybridized carbons (Fsp3) is 0.500. The summed E-state index contributed by atoms with van der Waals surface area (Å²) in [5.41, 5.74) is 6.00. The maximum absolute atomic E-state index is 12.5. The third kappa shape index (κ3) is 2.48. The molecule has 1 aliphatic heterocycles. The molecule has 1 fully saturated rings. The van der Waals surface area contributed by atoms with E-state index in [2.05, 4.69) is 13.8 Å². The molecule has 0 bridgehead atoms. The Labute approximate surface area is 113 Å². The number of anilines is 1. The summed E-state index contributed by atoms with van der Waals surface area (Å²) in [6.45, 7) is 5.16. The Hall–Kier alpha value is -0.780. The van der Waals surface area contributed by atoms with E-state index in [4.69, 9.17) is 17.3 Å². The summed E-state index contributed by atoms with van der Waals surface area (Å²) in [6.07, 6.45) is 0.854. The number of rotatable bonds is 2. The van der Waals surface area contributed by atoms with Crippen molar-refractivity contribution in [2.24, 2.45) is 5.41 Å². The topological polar surface area (TPSA) is 63.4 Å². The van der Waals surface area contributed by atoms with E-state index in [0.717, 1.165) is 6.42 Å². The molecule has 4 nitrogen and oxygen atoms in total. The van der Waals surface area contributed by atoms with E-state index in [1.165, 1.54) is 16.4 Å². The molecule has 0 amide bonds. The largest absolute Gasteiger partial charge is 0.398 e. The monoisotopic (exact) mass is 288 g/mol. The Morgan fingerprint density at radius 1 is 1.39 bits per heavy atom. The van der Waals surface area contributed by atoms with Crippen molar-refractivity contribution in [2.45, 2.75) is 25.2 Å². The predicted octanol–water partition coefficient (Wildman–Crippen LogP) is 2.34. The second kappa shape index (κ2) is 4.40. The van der Waals surface area contributed by atoms with E-state index in [0.29, 0.717) is 18.1 Å². The van der Waals surface area contributed by atoms with E-state index in [1.807, 2.05) is 0 Å². The lowest BCUT2D eigenvalue weighted by Gasteiger charge is -2.20. The van der Waals surface area contributed by atoms with Crippen LogP contribution in [0.1, 0.15) is 20.3 Å². The average Bonchev–Trinajstić information content (AvgIpc) is 2.63. The standard InChI is InChI=1S/C12H17ClN2O2S/c1-12(2)5-6-15(8-12)18(16,17)11-7-9(13)3-4-10(11)14/h3-4,7H,5-6,8,14H2,1-2H3. The van der Waals surface area contributed by atoms with Crippen LogP contribution in [-0.4, -0.2) is 25.8 Å². The summed E-state index contributed by atoms with van der Waals surface area (Å²) >= 11 is 5.85. The van der Waals surface area contributed by atoms with Gasteiger partial charge in [-0.3, -0.25) is 0 Å². The number of halogens is 1. The van der Waals surface area contributed by atoms with Crippen LogP contribution in [0.5, 0.6) is 0 Å². The number of nitrogens with two attached hydrogens (primary N) is 1. The molecule has 18 heavy (non-hydrogen) atoms. The van der Waals surface area contributed by atoms with Crippen molar-refractivity contribution in [1.29, 1.82) is 0 Å². The first-order valence-corrected chi connectivity index (χ1v) is 7.59. The van der Waals surface area contributed by atoms with Gasteiger partial charge in [0.1, 0.15) is 4.90 Å². The van der Waals surface area contributed by atoms with Crippen LogP contribution in [0.2, 0.25) is 5.02 Å². The Bertz CT molecular complexity index is 569. The summed E-state index contributed by atoms with van der Waals surface area (Å²) in [5, 5.41) is 0.376. The van der Waals surface area contributed by atoms with Crippen LogP contribution >= 0.6 is 11.6 Å². The highest BCUT2D eigenvalue weighted by Crippen LogP contribution is 2.34. The van der Waals surface area contributed by atoms with Crippen molar-refractivity contribution >= 4 is 27.3 Å². The van der Waals surface area contributed by atoms with E-state index in [-0.39, 0.29) is 16.0 Å². The lowest BCUT2D eigenvalue weighted by atomic mass is 9.93. The summed E-state index contributed by atoms with van der Waals surface area (Å²) in [5.74, 6) is 0. The highest BCUT2D eigenvalue weighted by molar-refractivity contribution is 7.89. The fourth-order valence-electron chi connectivity index (χ4n) is 2.14. The molecule has 6 heteroatoms. The number of hydrogen-bond donors (Lipinski definition) is 1. The van der Waals surface area contributed by atoms with E-state index in [9.17, 15) is 8.42 Å². The van der Waals surface area contributed by atoms with Crippen LogP contribution in [0.25, 0.3) is 0 Å². The Morgan fingerprint density at radius 2 is 2.06 bits per heavy atom. The van der Waals surface area contributed by atoms with Crippen molar-refractivity contribution < 1.29 is 8.42 Å². The maximum Gasteiger partial charge on any atom is 0.245 e. The molecule has 1 aromatic rings. The van der Waals surface area contributed by atoms with Crippen LogP contribution in [0, 0.1) is 5.41 Å². The van der Waals surface area contributed by atoms with Gasteiger partial charge in [-0.05, 0) is 30.0 Å². The second-order valence-electron chi connectivity index (χ2n) is 5.43. The van der Waals surface area contributed by atoms with Crippen molar-refractivity contribution in [2.75, 3.05) is 18.8 Å². The van der Waals surface area contributed by atoms with Gasteiger partial charge in [-0.25, -0.2) is 8.42 Å². The summed E-state index contributed by atoms with van der Waals surface area (Å²) in [4.78, 5) is 0.104. The lowest BCUT2D eigenvalue weighted by Crippen LogP contribution is -2.30. The van der Waals surface area contributed by atoms with Crippen molar-refractivity contribution in [3.8, 4) is 0 Å². The number of nitrogen functional groups attached to an aromatic ring is 1. The van der Waals surface area contributed by atoms with Gasteiger partial charge in [0.25, 0.3) is 0 Å². The van der Waals surface area contributed by atoms with E-state index in [1.54, 1.807) is 6.07 Å². The third-order valence-corrected chi connectivity index (χ3v) is 5.37. The van der Waals surface area contributed by atoms with Gasteiger partial charge >= 0.3 is 0 Å². The molecule has 0 saturated carbocycles. The summed E-state index contributed by atoms with van der Waals surface area (Å²) in [6, 6.07) is 4.53. The Kier molecular flexibility index (Phi) is 3.34. The van der Waals surface area contributed by atoms with Crippen LogP contribution in [0.4, 0.5) is 5.69 Å².